The smallest absolute Gasteiger partial charge is 0.330 e. The predicted octanol–water partition coefficient (Wildman–Crippen LogP) is 3.26. The Bertz CT molecular complexity index is 260. The van der Waals surface area contributed by atoms with Gasteiger partial charge in [0.25, 0.3) is 0 Å². The average molecular weight is 208 g/mol. The Morgan fingerprint density at radius 2 is 2.07 bits per heavy atom. The number of allylic oxidation sites excluding steroid dienone is 4. The number of hydrogen-bond donors (Lipinski definition) is 0. The first kappa shape index (κ1) is 13.7. The van der Waals surface area contributed by atoms with Crippen molar-refractivity contribution in [3.63, 3.8) is 0 Å². The van der Waals surface area contributed by atoms with E-state index in [1.165, 1.54) is 6.08 Å². The lowest BCUT2D eigenvalue weighted by Crippen LogP contribution is -2.04. The Balaban J connectivity index is 4.07. The van der Waals surface area contributed by atoms with Gasteiger partial charge in [0.15, 0.2) is 0 Å². The molecule has 0 N–H and O–H groups in total. The summed E-state index contributed by atoms with van der Waals surface area (Å²) in [5, 5.41) is 0. The zero-order chi connectivity index (χ0) is 11.7. The Kier molecular flexibility index (Phi) is 6.43. The van der Waals surface area contributed by atoms with Crippen LogP contribution in [0.25, 0.3) is 0 Å². The third-order valence-corrected chi connectivity index (χ3v) is 1.85. The van der Waals surface area contributed by atoms with Crippen LogP contribution in [-0.2, 0) is 9.53 Å². The molecule has 0 bridgehead atoms. The van der Waals surface area contributed by atoms with Crippen molar-refractivity contribution in [3.8, 4) is 0 Å². The minimum atomic E-state index is -0.302. The van der Waals surface area contributed by atoms with Crippen molar-refractivity contribution >= 4 is 5.97 Å². The summed E-state index contributed by atoms with van der Waals surface area (Å²) in [6.45, 7) is 10.1. The molecule has 0 saturated heterocycles. The van der Waals surface area contributed by atoms with Crippen molar-refractivity contribution < 1.29 is 9.53 Å². The van der Waals surface area contributed by atoms with Crippen LogP contribution in [0.5, 0.6) is 0 Å². The molecule has 15 heavy (non-hydrogen) atoms. The fraction of sp³-hybridized carbons (Fsp3) is 0.462. The zero-order valence-electron chi connectivity index (χ0n) is 9.82. The van der Waals surface area contributed by atoms with Crippen molar-refractivity contribution in [1.82, 2.24) is 0 Å². The van der Waals surface area contributed by atoms with E-state index in [4.69, 9.17) is 4.74 Å². The van der Waals surface area contributed by atoms with Gasteiger partial charge in [-0.2, -0.15) is 0 Å². The molecule has 0 fully saturated rings. The summed E-state index contributed by atoms with van der Waals surface area (Å²) in [7, 11) is 0. The molecule has 0 aromatic carbocycles. The molecule has 0 aliphatic heterocycles. The van der Waals surface area contributed by atoms with E-state index in [-0.39, 0.29) is 11.4 Å². The molecule has 0 rings (SSSR count). The van der Waals surface area contributed by atoms with Crippen molar-refractivity contribution in [1.29, 1.82) is 0 Å². The number of ether oxygens (including phenoxy) is 1. The van der Waals surface area contributed by atoms with Crippen LogP contribution in [0.15, 0.2) is 37.0 Å². The average Bonchev–Trinajstić information content (AvgIpc) is 2.13. The number of esters is 1. The Morgan fingerprint density at radius 3 is 2.60 bits per heavy atom. The van der Waals surface area contributed by atoms with Gasteiger partial charge in [-0.1, -0.05) is 38.2 Å². The molecule has 0 spiro atoms. The third-order valence-electron chi connectivity index (χ3n) is 1.85. The summed E-state index contributed by atoms with van der Waals surface area (Å²) in [6, 6.07) is 0. The SMILES string of the molecule is C=CCC(C)(C)/C=C/C=C/C(=O)OCC. The summed E-state index contributed by atoms with van der Waals surface area (Å²) in [4.78, 5) is 10.9. The Morgan fingerprint density at radius 1 is 1.40 bits per heavy atom. The first-order valence-electron chi connectivity index (χ1n) is 5.15. The molecule has 0 heterocycles. The number of rotatable bonds is 6. The Hall–Kier alpha value is -1.31. The summed E-state index contributed by atoms with van der Waals surface area (Å²) in [5.74, 6) is -0.302. The fourth-order valence-corrected chi connectivity index (χ4v) is 1.08. The molecule has 2 heteroatoms. The highest BCUT2D eigenvalue weighted by Crippen LogP contribution is 2.22. The van der Waals surface area contributed by atoms with E-state index in [0.717, 1.165) is 6.42 Å². The minimum Gasteiger partial charge on any atom is -0.463 e. The molecular weight excluding hydrogens is 188 g/mol. The molecule has 0 atom stereocenters. The summed E-state index contributed by atoms with van der Waals surface area (Å²) >= 11 is 0. The molecule has 2 nitrogen and oxygen atoms in total. The molecule has 0 saturated carbocycles. The van der Waals surface area contributed by atoms with Gasteiger partial charge < -0.3 is 4.74 Å². The van der Waals surface area contributed by atoms with Crippen LogP contribution >= 0.6 is 0 Å². The molecule has 0 aliphatic carbocycles. The van der Waals surface area contributed by atoms with Gasteiger partial charge in [-0.15, -0.1) is 6.58 Å². The highest BCUT2D eigenvalue weighted by atomic mass is 16.5. The van der Waals surface area contributed by atoms with Gasteiger partial charge in [-0.25, -0.2) is 4.79 Å². The van der Waals surface area contributed by atoms with E-state index in [1.807, 2.05) is 18.2 Å². The van der Waals surface area contributed by atoms with E-state index >= 15 is 0 Å². The van der Waals surface area contributed by atoms with Crippen molar-refractivity contribution in [2.45, 2.75) is 27.2 Å². The molecule has 0 aliphatic rings. The second-order valence-corrected chi connectivity index (χ2v) is 3.95. The van der Waals surface area contributed by atoms with E-state index in [1.54, 1.807) is 13.0 Å². The van der Waals surface area contributed by atoms with Gasteiger partial charge in [-0.05, 0) is 18.8 Å². The molecule has 0 aromatic rings. The van der Waals surface area contributed by atoms with Gasteiger partial charge in [-0.3, -0.25) is 0 Å². The van der Waals surface area contributed by atoms with Crippen LogP contribution in [0.2, 0.25) is 0 Å². The molecule has 0 amide bonds. The maximum atomic E-state index is 10.9. The fourth-order valence-electron chi connectivity index (χ4n) is 1.08. The maximum Gasteiger partial charge on any atom is 0.330 e. The van der Waals surface area contributed by atoms with Crippen molar-refractivity contribution in [2.75, 3.05) is 6.61 Å². The van der Waals surface area contributed by atoms with Crippen LogP contribution in [0.1, 0.15) is 27.2 Å². The van der Waals surface area contributed by atoms with Crippen LogP contribution in [0.4, 0.5) is 0 Å². The minimum absolute atomic E-state index is 0.0841. The van der Waals surface area contributed by atoms with Crippen LogP contribution in [-0.4, -0.2) is 12.6 Å². The van der Waals surface area contributed by atoms with Crippen molar-refractivity contribution in [3.05, 3.63) is 37.0 Å². The van der Waals surface area contributed by atoms with Crippen LogP contribution < -0.4 is 0 Å². The first-order valence-corrected chi connectivity index (χ1v) is 5.15. The zero-order valence-corrected chi connectivity index (χ0v) is 9.82. The second-order valence-electron chi connectivity index (χ2n) is 3.95. The normalized spacial score (nSPS) is 12.2. The van der Waals surface area contributed by atoms with Gasteiger partial charge in [0, 0.05) is 6.08 Å². The van der Waals surface area contributed by atoms with Crippen LogP contribution in [0.3, 0.4) is 0 Å². The second kappa shape index (κ2) is 7.04. The summed E-state index contributed by atoms with van der Waals surface area (Å²) in [6.07, 6.45) is 9.83. The lowest BCUT2D eigenvalue weighted by molar-refractivity contribution is -0.137. The third kappa shape index (κ3) is 7.74. The van der Waals surface area contributed by atoms with Gasteiger partial charge in [0.05, 0.1) is 6.61 Å². The van der Waals surface area contributed by atoms with E-state index in [0.29, 0.717) is 6.61 Å². The molecular formula is C13H20O2. The van der Waals surface area contributed by atoms with Gasteiger partial charge in [0.2, 0.25) is 0 Å². The summed E-state index contributed by atoms with van der Waals surface area (Å²) < 4.78 is 4.75. The lowest BCUT2D eigenvalue weighted by atomic mass is 9.89. The Labute approximate surface area is 92.3 Å². The van der Waals surface area contributed by atoms with E-state index < -0.39 is 0 Å². The highest BCUT2D eigenvalue weighted by Gasteiger charge is 2.09. The molecule has 0 unspecified atom stereocenters. The van der Waals surface area contributed by atoms with E-state index in [2.05, 4.69) is 20.4 Å². The molecule has 84 valence electrons. The standard InChI is InChI=1S/C13H20O2/c1-5-10-13(3,4)11-8-7-9-12(14)15-6-2/h5,7-9,11H,1,6,10H2,2-4H3/b9-7+,11-8+. The lowest BCUT2D eigenvalue weighted by Gasteiger charge is -2.16. The quantitative estimate of drug-likeness (QED) is 0.290. The highest BCUT2D eigenvalue weighted by molar-refractivity contribution is 5.82. The number of hydrogen-bond acceptors (Lipinski definition) is 2. The predicted molar refractivity (Wildman–Crippen MR) is 63.5 cm³/mol. The topological polar surface area (TPSA) is 26.3 Å². The first-order chi connectivity index (χ1) is 7.02. The maximum absolute atomic E-state index is 10.9. The van der Waals surface area contributed by atoms with Crippen LogP contribution in [0, 0.1) is 5.41 Å². The molecule has 0 aromatic heterocycles. The van der Waals surface area contributed by atoms with E-state index in [9.17, 15) is 4.79 Å². The largest absolute Gasteiger partial charge is 0.463 e. The number of carbonyl (C=O) groups excluding carboxylic acids is 1. The van der Waals surface area contributed by atoms with Crippen molar-refractivity contribution in [2.24, 2.45) is 5.41 Å². The van der Waals surface area contributed by atoms with Gasteiger partial charge >= 0.3 is 5.97 Å². The van der Waals surface area contributed by atoms with Gasteiger partial charge in [0.1, 0.15) is 0 Å². The molecule has 0 radical (unpaired) electrons. The monoisotopic (exact) mass is 208 g/mol. The number of carbonyl (C=O) groups is 1. The summed E-state index contributed by atoms with van der Waals surface area (Å²) in [5.41, 5.74) is 0.0841.